The molecule has 0 saturated heterocycles. The molecular formula is C15H23N3OS. The van der Waals surface area contributed by atoms with E-state index in [2.05, 4.69) is 29.7 Å². The predicted molar refractivity (Wildman–Crippen MR) is 89.5 cm³/mol. The molecule has 4 nitrogen and oxygen atoms in total. The molecule has 0 unspecified atom stereocenters. The van der Waals surface area contributed by atoms with Crippen molar-refractivity contribution < 1.29 is 4.74 Å². The molecule has 5 heteroatoms. The zero-order valence-corrected chi connectivity index (χ0v) is 13.4. The van der Waals surface area contributed by atoms with Crippen LogP contribution in [0.4, 0.5) is 5.69 Å². The number of methoxy groups -OCH3 is 1. The number of rotatable bonds is 6. The van der Waals surface area contributed by atoms with E-state index in [0.717, 1.165) is 30.0 Å². The molecule has 0 amide bonds. The third-order valence-electron chi connectivity index (χ3n) is 2.79. The van der Waals surface area contributed by atoms with Gasteiger partial charge in [-0.15, -0.1) is 0 Å². The minimum Gasteiger partial charge on any atom is -0.495 e. The third-order valence-corrected chi connectivity index (χ3v) is 2.98. The molecule has 0 fully saturated rings. The second-order valence-electron chi connectivity index (χ2n) is 5.05. The van der Waals surface area contributed by atoms with Crippen LogP contribution in [0, 0.1) is 5.92 Å². The summed E-state index contributed by atoms with van der Waals surface area (Å²) in [7, 11) is 1.63. The fourth-order valence-electron chi connectivity index (χ4n) is 1.60. The summed E-state index contributed by atoms with van der Waals surface area (Å²) in [4.78, 5) is 0. The maximum atomic E-state index is 5.25. The number of anilines is 1. The molecule has 0 bridgehead atoms. The van der Waals surface area contributed by atoms with Crippen molar-refractivity contribution in [3.63, 3.8) is 0 Å². The Bertz CT molecular complexity index is 472. The van der Waals surface area contributed by atoms with Crippen LogP contribution in [0.2, 0.25) is 0 Å². The molecule has 110 valence electrons. The molecule has 0 heterocycles. The number of hydrogen-bond acceptors (Lipinski definition) is 3. The lowest BCUT2D eigenvalue weighted by Crippen LogP contribution is -2.25. The van der Waals surface area contributed by atoms with Crippen molar-refractivity contribution in [3.05, 3.63) is 24.3 Å². The molecule has 0 aromatic heterocycles. The fourth-order valence-corrected chi connectivity index (χ4v) is 1.75. The second-order valence-corrected chi connectivity index (χ2v) is 5.45. The monoisotopic (exact) mass is 293 g/mol. The molecule has 1 aromatic rings. The molecule has 1 rings (SSSR count). The van der Waals surface area contributed by atoms with E-state index in [0.29, 0.717) is 11.0 Å². The van der Waals surface area contributed by atoms with Gasteiger partial charge in [0.15, 0.2) is 5.11 Å². The van der Waals surface area contributed by atoms with Crippen molar-refractivity contribution in [2.24, 2.45) is 11.0 Å². The lowest BCUT2D eigenvalue weighted by Gasteiger charge is -2.11. The summed E-state index contributed by atoms with van der Waals surface area (Å²) in [5.74, 6) is 1.43. The van der Waals surface area contributed by atoms with Gasteiger partial charge in [-0.25, -0.2) is 0 Å². The van der Waals surface area contributed by atoms with Gasteiger partial charge in [0, 0.05) is 5.71 Å². The normalized spacial score (nSPS) is 11.3. The molecule has 2 N–H and O–H groups in total. The molecule has 0 atom stereocenters. The smallest absolute Gasteiger partial charge is 0.191 e. The van der Waals surface area contributed by atoms with Crippen LogP contribution in [0.25, 0.3) is 0 Å². The van der Waals surface area contributed by atoms with E-state index >= 15 is 0 Å². The van der Waals surface area contributed by atoms with Crippen LogP contribution >= 0.6 is 12.2 Å². The summed E-state index contributed by atoms with van der Waals surface area (Å²) in [5.41, 5.74) is 4.72. The molecule has 0 radical (unpaired) electrons. The molecule has 0 spiro atoms. The Kier molecular flexibility index (Phi) is 7.01. The average Bonchev–Trinajstić information content (AvgIpc) is 2.43. The van der Waals surface area contributed by atoms with Crippen molar-refractivity contribution in [2.45, 2.75) is 33.6 Å². The van der Waals surface area contributed by atoms with Crippen molar-refractivity contribution in [1.82, 2.24) is 5.43 Å². The highest BCUT2D eigenvalue weighted by molar-refractivity contribution is 7.80. The first-order valence-corrected chi connectivity index (χ1v) is 7.17. The van der Waals surface area contributed by atoms with E-state index < -0.39 is 0 Å². The quantitative estimate of drug-likeness (QED) is 0.476. The first-order chi connectivity index (χ1) is 9.52. The van der Waals surface area contributed by atoms with Gasteiger partial charge in [0.2, 0.25) is 0 Å². The zero-order chi connectivity index (χ0) is 15.0. The first-order valence-electron chi connectivity index (χ1n) is 6.76. The summed E-state index contributed by atoms with van der Waals surface area (Å²) in [6, 6.07) is 7.61. The number of nitrogens with one attached hydrogen (secondary N) is 2. The van der Waals surface area contributed by atoms with E-state index in [4.69, 9.17) is 17.0 Å². The zero-order valence-electron chi connectivity index (χ0n) is 12.6. The van der Waals surface area contributed by atoms with Crippen LogP contribution in [0.15, 0.2) is 29.4 Å². The average molecular weight is 293 g/mol. The number of hydrogen-bond donors (Lipinski definition) is 2. The number of para-hydroxylation sites is 2. The van der Waals surface area contributed by atoms with Gasteiger partial charge in [-0.1, -0.05) is 26.0 Å². The summed E-state index contributed by atoms with van der Waals surface area (Å²) in [6.07, 6.45) is 2.10. The highest BCUT2D eigenvalue weighted by Crippen LogP contribution is 2.22. The van der Waals surface area contributed by atoms with E-state index in [9.17, 15) is 0 Å². The SMILES string of the molecule is COc1ccccc1NC(=S)N/N=C(/C)CCC(C)C. The van der Waals surface area contributed by atoms with E-state index in [-0.39, 0.29) is 0 Å². The van der Waals surface area contributed by atoms with E-state index in [1.54, 1.807) is 7.11 Å². The van der Waals surface area contributed by atoms with Crippen LogP contribution in [0.5, 0.6) is 5.75 Å². The first kappa shape index (κ1) is 16.4. The van der Waals surface area contributed by atoms with Crippen LogP contribution < -0.4 is 15.5 Å². The molecular weight excluding hydrogens is 270 g/mol. The summed E-state index contributed by atoms with van der Waals surface area (Å²) in [5, 5.41) is 7.80. The molecule has 20 heavy (non-hydrogen) atoms. The predicted octanol–water partition coefficient (Wildman–Crippen LogP) is 3.79. The fraction of sp³-hybridized carbons (Fsp3) is 0.467. The highest BCUT2D eigenvalue weighted by Gasteiger charge is 2.03. The number of nitrogens with zero attached hydrogens (tertiary/aromatic N) is 1. The number of benzene rings is 1. The Labute approximate surface area is 126 Å². The lowest BCUT2D eigenvalue weighted by molar-refractivity contribution is 0.417. The Morgan fingerprint density at radius 1 is 1.35 bits per heavy atom. The summed E-state index contributed by atoms with van der Waals surface area (Å²) in [6.45, 7) is 6.41. The molecule has 1 aromatic carbocycles. The second kappa shape index (κ2) is 8.53. The van der Waals surface area contributed by atoms with E-state index in [1.165, 1.54) is 0 Å². The van der Waals surface area contributed by atoms with Crippen LogP contribution in [-0.2, 0) is 0 Å². The number of thiocarbonyl (C=S) groups is 1. The third kappa shape index (κ3) is 6.02. The van der Waals surface area contributed by atoms with Crippen molar-refractivity contribution in [1.29, 1.82) is 0 Å². The van der Waals surface area contributed by atoms with E-state index in [1.807, 2.05) is 31.2 Å². The van der Waals surface area contributed by atoms with Crippen molar-refractivity contribution in [2.75, 3.05) is 12.4 Å². The molecule has 0 aliphatic carbocycles. The lowest BCUT2D eigenvalue weighted by atomic mass is 10.1. The number of ether oxygens (including phenoxy) is 1. The van der Waals surface area contributed by atoms with Gasteiger partial charge in [0.25, 0.3) is 0 Å². The Morgan fingerprint density at radius 2 is 2.05 bits per heavy atom. The topological polar surface area (TPSA) is 45.6 Å². The Hall–Kier alpha value is -1.62. The maximum Gasteiger partial charge on any atom is 0.191 e. The Balaban J connectivity index is 2.49. The maximum absolute atomic E-state index is 5.25. The van der Waals surface area contributed by atoms with Gasteiger partial charge >= 0.3 is 0 Å². The van der Waals surface area contributed by atoms with Crippen molar-refractivity contribution >= 4 is 28.7 Å². The van der Waals surface area contributed by atoms with Gasteiger partial charge in [-0.3, -0.25) is 5.43 Å². The summed E-state index contributed by atoms with van der Waals surface area (Å²) < 4.78 is 5.25. The van der Waals surface area contributed by atoms with Gasteiger partial charge < -0.3 is 10.1 Å². The minimum atomic E-state index is 0.457. The van der Waals surface area contributed by atoms with Crippen molar-refractivity contribution in [3.8, 4) is 5.75 Å². The summed E-state index contributed by atoms with van der Waals surface area (Å²) >= 11 is 5.21. The molecule has 0 aliphatic rings. The van der Waals surface area contributed by atoms with Gasteiger partial charge in [0.05, 0.1) is 12.8 Å². The van der Waals surface area contributed by atoms with Crippen LogP contribution in [0.1, 0.15) is 33.6 Å². The van der Waals surface area contributed by atoms with Gasteiger partial charge in [-0.2, -0.15) is 5.10 Å². The highest BCUT2D eigenvalue weighted by atomic mass is 32.1. The van der Waals surface area contributed by atoms with Gasteiger partial charge in [-0.05, 0) is 50.0 Å². The molecule has 0 aliphatic heterocycles. The minimum absolute atomic E-state index is 0.457. The van der Waals surface area contributed by atoms with Crippen LogP contribution in [0.3, 0.4) is 0 Å². The largest absolute Gasteiger partial charge is 0.495 e. The standard InChI is InChI=1S/C15H23N3OS/c1-11(2)9-10-12(3)17-18-15(20)16-13-7-5-6-8-14(13)19-4/h5-8,11H,9-10H2,1-4H3,(H2,16,18,20)/b17-12-. The van der Waals surface area contributed by atoms with Crippen LogP contribution in [-0.4, -0.2) is 17.9 Å². The molecule has 0 saturated carbocycles. The Morgan fingerprint density at radius 3 is 2.70 bits per heavy atom. The number of hydrazone groups is 1. The van der Waals surface area contributed by atoms with Gasteiger partial charge in [0.1, 0.15) is 5.75 Å².